The molecule has 0 saturated heterocycles. The van der Waals surface area contributed by atoms with Crippen LogP contribution in [0.2, 0.25) is 0 Å². The molecule has 80 valence electrons. The summed E-state index contributed by atoms with van der Waals surface area (Å²) in [6.07, 6.45) is 10.1. The minimum Gasteiger partial charge on any atom is -0.501 e. The lowest BCUT2D eigenvalue weighted by Gasteiger charge is -1.96. The first-order valence-corrected chi connectivity index (χ1v) is 5.41. The van der Waals surface area contributed by atoms with Crippen molar-refractivity contribution in [2.24, 2.45) is 0 Å². The second-order valence-corrected chi connectivity index (χ2v) is 3.25. The van der Waals surface area contributed by atoms with E-state index in [1.54, 1.807) is 6.26 Å². The number of ether oxygens (including phenoxy) is 1. The van der Waals surface area contributed by atoms with Gasteiger partial charge in [0.25, 0.3) is 0 Å². The molecule has 0 atom stereocenters. The fourth-order valence-corrected chi connectivity index (χ4v) is 1.18. The Morgan fingerprint density at radius 1 is 1.13 bits per heavy atom. The predicted molar refractivity (Wildman–Crippen MR) is 65.5 cm³/mol. The summed E-state index contributed by atoms with van der Waals surface area (Å²) in [5, 5.41) is 0. The number of hydrogen-bond donors (Lipinski definition) is 0. The highest BCUT2D eigenvalue weighted by atomic mass is 16.5. The van der Waals surface area contributed by atoms with Crippen LogP contribution in [0.3, 0.4) is 0 Å². The van der Waals surface area contributed by atoms with Gasteiger partial charge in [-0.05, 0) is 24.5 Å². The molecule has 0 saturated carbocycles. The van der Waals surface area contributed by atoms with Gasteiger partial charge >= 0.3 is 0 Å². The van der Waals surface area contributed by atoms with Crippen LogP contribution in [0.5, 0.6) is 0 Å². The third kappa shape index (κ3) is 5.74. The third-order valence-electron chi connectivity index (χ3n) is 1.96. The Balaban J connectivity index is 2.15. The summed E-state index contributed by atoms with van der Waals surface area (Å²) in [5.74, 6) is 0. The van der Waals surface area contributed by atoms with E-state index in [0.717, 1.165) is 19.4 Å². The van der Waals surface area contributed by atoms with Crippen molar-refractivity contribution in [3.05, 3.63) is 54.3 Å². The van der Waals surface area contributed by atoms with Gasteiger partial charge in [-0.2, -0.15) is 0 Å². The highest BCUT2D eigenvalue weighted by Crippen LogP contribution is 2.01. The highest BCUT2D eigenvalue weighted by molar-refractivity contribution is 5.47. The lowest BCUT2D eigenvalue weighted by molar-refractivity contribution is 0.258. The van der Waals surface area contributed by atoms with Crippen molar-refractivity contribution in [2.75, 3.05) is 6.61 Å². The van der Waals surface area contributed by atoms with Crippen LogP contribution in [-0.2, 0) is 4.74 Å². The molecule has 0 unspecified atom stereocenters. The molecule has 0 heterocycles. The fraction of sp³-hybridized carbons (Fsp3) is 0.286. The summed E-state index contributed by atoms with van der Waals surface area (Å²) in [7, 11) is 0. The summed E-state index contributed by atoms with van der Waals surface area (Å²) < 4.78 is 5.35. The van der Waals surface area contributed by atoms with Crippen LogP contribution in [0, 0.1) is 0 Å². The smallest absolute Gasteiger partial charge is 0.0907 e. The molecule has 0 amide bonds. The van der Waals surface area contributed by atoms with Gasteiger partial charge in [0.1, 0.15) is 0 Å². The van der Waals surface area contributed by atoms with Crippen LogP contribution in [0.25, 0.3) is 6.08 Å². The van der Waals surface area contributed by atoms with Crippen molar-refractivity contribution in [2.45, 2.75) is 19.8 Å². The van der Waals surface area contributed by atoms with E-state index in [9.17, 15) is 0 Å². The number of benzene rings is 1. The van der Waals surface area contributed by atoms with E-state index in [-0.39, 0.29) is 0 Å². The Labute approximate surface area is 92.1 Å². The van der Waals surface area contributed by atoms with E-state index in [1.807, 2.05) is 24.3 Å². The molecule has 1 nitrogen and oxygen atoms in total. The highest BCUT2D eigenvalue weighted by Gasteiger charge is 1.82. The maximum absolute atomic E-state index is 5.35. The summed E-state index contributed by atoms with van der Waals surface area (Å²) in [6, 6.07) is 10.1. The second kappa shape index (κ2) is 7.86. The summed E-state index contributed by atoms with van der Waals surface area (Å²) in [5.41, 5.74) is 1.17. The van der Waals surface area contributed by atoms with Gasteiger partial charge in [-0.15, -0.1) is 0 Å². The van der Waals surface area contributed by atoms with Gasteiger partial charge in [-0.3, -0.25) is 0 Å². The van der Waals surface area contributed by atoms with Crippen molar-refractivity contribution < 1.29 is 4.74 Å². The van der Waals surface area contributed by atoms with Crippen molar-refractivity contribution in [3.63, 3.8) is 0 Å². The molecule has 0 aliphatic heterocycles. The van der Waals surface area contributed by atoms with E-state index in [0.29, 0.717) is 0 Å². The Morgan fingerprint density at radius 3 is 2.67 bits per heavy atom. The number of hydrogen-bond acceptors (Lipinski definition) is 1. The van der Waals surface area contributed by atoms with Gasteiger partial charge in [0, 0.05) is 0 Å². The number of rotatable bonds is 6. The van der Waals surface area contributed by atoms with Crippen molar-refractivity contribution in [1.82, 2.24) is 0 Å². The zero-order valence-corrected chi connectivity index (χ0v) is 9.23. The topological polar surface area (TPSA) is 9.23 Å². The van der Waals surface area contributed by atoms with Gasteiger partial charge in [0.05, 0.1) is 12.9 Å². The molecule has 0 radical (unpaired) electrons. The molecule has 0 fully saturated rings. The first kappa shape index (κ1) is 11.6. The van der Waals surface area contributed by atoms with E-state index >= 15 is 0 Å². The first-order chi connectivity index (χ1) is 7.43. The van der Waals surface area contributed by atoms with Gasteiger partial charge < -0.3 is 4.74 Å². The average molecular weight is 202 g/mol. The average Bonchev–Trinajstić information content (AvgIpc) is 2.29. The molecule has 0 bridgehead atoms. The SMILES string of the molecule is CC/C=C\CCOC=Cc1ccccc1. The Kier molecular flexibility index (Phi) is 6.07. The standard InChI is InChI=1S/C14H18O/c1-2-3-4-8-12-15-13-11-14-9-6-5-7-10-14/h3-7,9-11,13H,2,8,12H2,1H3/b4-3-,13-11?. The fourth-order valence-electron chi connectivity index (χ4n) is 1.18. The summed E-state index contributed by atoms with van der Waals surface area (Å²) in [6.45, 7) is 2.88. The molecular weight excluding hydrogens is 184 g/mol. The molecule has 0 aliphatic carbocycles. The maximum Gasteiger partial charge on any atom is 0.0907 e. The third-order valence-corrected chi connectivity index (χ3v) is 1.96. The van der Waals surface area contributed by atoms with Crippen molar-refractivity contribution in [1.29, 1.82) is 0 Å². The van der Waals surface area contributed by atoms with Gasteiger partial charge in [-0.1, -0.05) is 49.4 Å². The predicted octanol–water partition coefficient (Wildman–Crippen LogP) is 4.03. The molecule has 0 aromatic heterocycles. The van der Waals surface area contributed by atoms with Crippen molar-refractivity contribution in [3.8, 4) is 0 Å². The lowest BCUT2D eigenvalue weighted by Crippen LogP contribution is -1.83. The van der Waals surface area contributed by atoms with Crippen molar-refractivity contribution >= 4 is 6.08 Å². The first-order valence-electron chi connectivity index (χ1n) is 5.41. The quantitative estimate of drug-likeness (QED) is 0.384. The molecular formula is C14H18O. The van der Waals surface area contributed by atoms with Crippen LogP contribution in [-0.4, -0.2) is 6.61 Å². The summed E-state index contributed by atoms with van der Waals surface area (Å²) in [4.78, 5) is 0. The summed E-state index contributed by atoms with van der Waals surface area (Å²) >= 11 is 0. The van der Waals surface area contributed by atoms with Crippen LogP contribution < -0.4 is 0 Å². The normalized spacial score (nSPS) is 11.3. The second-order valence-electron chi connectivity index (χ2n) is 3.25. The number of allylic oxidation sites excluding steroid dienone is 1. The van der Waals surface area contributed by atoms with E-state index in [2.05, 4.69) is 31.2 Å². The monoisotopic (exact) mass is 202 g/mol. The maximum atomic E-state index is 5.35. The molecule has 0 N–H and O–H groups in total. The van der Waals surface area contributed by atoms with Crippen LogP contribution in [0.15, 0.2) is 48.7 Å². The van der Waals surface area contributed by atoms with Crippen LogP contribution >= 0.6 is 0 Å². The van der Waals surface area contributed by atoms with E-state index < -0.39 is 0 Å². The van der Waals surface area contributed by atoms with Gasteiger partial charge in [0.15, 0.2) is 0 Å². The zero-order chi connectivity index (χ0) is 10.8. The largest absolute Gasteiger partial charge is 0.501 e. The molecule has 1 aromatic carbocycles. The van der Waals surface area contributed by atoms with Gasteiger partial charge in [0.2, 0.25) is 0 Å². The van der Waals surface area contributed by atoms with Crippen LogP contribution in [0.4, 0.5) is 0 Å². The Bertz CT molecular complexity index is 298. The Morgan fingerprint density at radius 2 is 1.93 bits per heavy atom. The molecule has 15 heavy (non-hydrogen) atoms. The van der Waals surface area contributed by atoms with E-state index in [4.69, 9.17) is 4.74 Å². The molecule has 1 rings (SSSR count). The van der Waals surface area contributed by atoms with E-state index in [1.165, 1.54) is 5.56 Å². The molecule has 0 spiro atoms. The lowest BCUT2D eigenvalue weighted by atomic mass is 10.2. The minimum absolute atomic E-state index is 0.750. The van der Waals surface area contributed by atoms with Gasteiger partial charge in [-0.25, -0.2) is 0 Å². The zero-order valence-electron chi connectivity index (χ0n) is 9.23. The Hall–Kier alpha value is -1.50. The molecule has 0 aliphatic rings. The van der Waals surface area contributed by atoms with Crippen LogP contribution in [0.1, 0.15) is 25.3 Å². The minimum atomic E-state index is 0.750. The molecule has 1 heteroatoms. The molecule has 1 aromatic rings.